The van der Waals surface area contributed by atoms with Gasteiger partial charge >= 0.3 is 6.18 Å². The molecule has 7 heteroatoms. The third-order valence-corrected chi connectivity index (χ3v) is 4.59. The average Bonchev–Trinajstić information content (AvgIpc) is 2.40. The van der Waals surface area contributed by atoms with E-state index in [4.69, 9.17) is 0 Å². The van der Waals surface area contributed by atoms with Crippen molar-refractivity contribution in [3.05, 3.63) is 32.7 Å². The number of halogens is 5. The van der Waals surface area contributed by atoms with Crippen molar-refractivity contribution in [1.29, 1.82) is 0 Å². The molecular formula is C13H12Br2F3NO. The lowest BCUT2D eigenvalue weighted by Gasteiger charge is -2.33. The van der Waals surface area contributed by atoms with Gasteiger partial charge in [-0.05, 0) is 47.0 Å². The molecular weight excluding hydrogens is 403 g/mol. The van der Waals surface area contributed by atoms with E-state index >= 15 is 0 Å². The molecule has 20 heavy (non-hydrogen) atoms. The molecule has 0 radical (unpaired) electrons. The SMILES string of the molecule is O=C(c1cc(Br)ccc1Br)N1CCC(C(F)(F)F)CC1. The van der Waals surface area contributed by atoms with Crippen LogP contribution in [-0.4, -0.2) is 30.1 Å². The van der Waals surface area contributed by atoms with Gasteiger partial charge in [0.25, 0.3) is 5.91 Å². The summed E-state index contributed by atoms with van der Waals surface area (Å²) in [6.07, 6.45) is -4.22. The first-order valence-corrected chi connectivity index (χ1v) is 7.68. The van der Waals surface area contributed by atoms with E-state index in [2.05, 4.69) is 31.9 Å². The standard InChI is InChI=1S/C13H12Br2F3NO/c14-9-1-2-11(15)10(7-9)12(20)19-5-3-8(4-6-19)13(16,17)18/h1-2,7-8H,3-6H2. The zero-order valence-electron chi connectivity index (χ0n) is 10.4. The van der Waals surface area contributed by atoms with Crippen LogP contribution in [0.25, 0.3) is 0 Å². The number of hydrogen-bond donors (Lipinski definition) is 0. The average molecular weight is 415 g/mol. The molecule has 110 valence electrons. The fourth-order valence-corrected chi connectivity index (χ4v) is 3.02. The van der Waals surface area contributed by atoms with Crippen molar-refractivity contribution in [1.82, 2.24) is 4.90 Å². The van der Waals surface area contributed by atoms with E-state index in [1.807, 2.05) is 0 Å². The van der Waals surface area contributed by atoms with E-state index in [0.29, 0.717) is 10.0 Å². The molecule has 0 N–H and O–H groups in total. The van der Waals surface area contributed by atoms with E-state index in [1.54, 1.807) is 18.2 Å². The van der Waals surface area contributed by atoms with Gasteiger partial charge in [0.2, 0.25) is 0 Å². The molecule has 1 aromatic carbocycles. The molecule has 0 bridgehead atoms. The van der Waals surface area contributed by atoms with Crippen molar-refractivity contribution in [2.75, 3.05) is 13.1 Å². The summed E-state index contributed by atoms with van der Waals surface area (Å²) in [6.45, 7) is 0.282. The van der Waals surface area contributed by atoms with Crippen LogP contribution in [0.1, 0.15) is 23.2 Å². The lowest BCUT2D eigenvalue weighted by molar-refractivity contribution is -0.183. The van der Waals surface area contributed by atoms with Gasteiger partial charge in [-0.15, -0.1) is 0 Å². The highest BCUT2D eigenvalue weighted by Crippen LogP contribution is 2.34. The molecule has 0 saturated carbocycles. The summed E-state index contributed by atoms with van der Waals surface area (Å²) in [6, 6.07) is 5.19. The van der Waals surface area contributed by atoms with Gasteiger partial charge in [-0.25, -0.2) is 0 Å². The van der Waals surface area contributed by atoms with Crippen molar-refractivity contribution in [3.63, 3.8) is 0 Å². The molecule has 2 nitrogen and oxygen atoms in total. The number of likely N-dealkylation sites (tertiary alicyclic amines) is 1. The molecule has 0 atom stereocenters. The van der Waals surface area contributed by atoms with Crippen LogP contribution in [0.15, 0.2) is 27.1 Å². The Morgan fingerprint density at radius 1 is 1.20 bits per heavy atom. The Kier molecular flexibility index (Phi) is 4.79. The second-order valence-corrected chi connectivity index (χ2v) is 6.50. The summed E-state index contributed by atoms with van der Waals surface area (Å²) in [7, 11) is 0. The molecule has 1 aliphatic rings. The molecule has 1 amide bonds. The molecule has 0 aromatic heterocycles. The first kappa shape index (κ1) is 15.8. The topological polar surface area (TPSA) is 20.3 Å². The van der Waals surface area contributed by atoms with E-state index < -0.39 is 12.1 Å². The molecule has 1 aromatic rings. The van der Waals surface area contributed by atoms with Crippen LogP contribution in [0.5, 0.6) is 0 Å². The third kappa shape index (κ3) is 3.55. The summed E-state index contributed by atoms with van der Waals surface area (Å²) in [5, 5.41) is 0. The van der Waals surface area contributed by atoms with Crippen molar-refractivity contribution < 1.29 is 18.0 Å². The highest BCUT2D eigenvalue weighted by atomic mass is 79.9. The molecule has 0 unspecified atom stereocenters. The Labute approximate surface area is 131 Å². The van der Waals surface area contributed by atoms with Crippen LogP contribution < -0.4 is 0 Å². The fraction of sp³-hybridized carbons (Fsp3) is 0.462. The third-order valence-electron chi connectivity index (χ3n) is 3.40. The quantitative estimate of drug-likeness (QED) is 0.656. The Balaban J connectivity index is 2.07. The molecule has 1 saturated heterocycles. The summed E-state index contributed by atoms with van der Waals surface area (Å²) >= 11 is 6.58. The van der Waals surface area contributed by atoms with Crippen molar-refractivity contribution in [3.8, 4) is 0 Å². The largest absolute Gasteiger partial charge is 0.391 e. The number of carbonyl (C=O) groups excluding carboxylic acids is 1. The van der Waals surface area contributed by atoms with Crippen LogP contribution in [0.2, 0.25) is 0 Å². The summed E-state index contributed by atoms with van der Waals surface area (Å²) in [4.78, 5) is 13.8. The molecule has 0 spiro atoms. The predicted molar refractivity (Wildman–Crippen MR) is 76.5 cm³/mol. The summed E-state index contributed by atoms with van der Waals surface area (Å²) in [5.74, 6) is -1.53. The molecule has 2 rings (SSSR count). The number of carbonyl (C=O) groups is 1. The number of piperidine rings is 1. The number of benzene rings is 1. The first-order chi connectivity index (χ1) is 9.29. The van der Waals surface area contributed by atoms with Crippen LogP contribution >= 0.6 is 31.9 Å². The van der Waals surface area contributed by atoms with Gasteiger partial charge < -0.3 is 4.90 Å². The number of hydrogen-bond acceptors (Lipinski definition) is 1. The van der Waals surface area contributed by atoms with Gasteiger partial charge in [-0.1, -0.05) is 15.9 Å². The Morgan fingerprint density at radius 2 is 1.80 bits per heavy atom. The zero-order chi connectivity index (χ0) is 14.9. The lowest BCUT2D eigenvalue weighted by Crippen LogP contribution is -2.42. The normalized spacial score (nSPS) is 17.4. The van der Waals surface area contributed by atoms with E-state index in [1.165, 1.54) is 4.90 Å². The number of amides is 1. The maximum Gasteiger partial charge on any atom is 0.391 e. The lowest BCUT2D eigenvalue weighted by atomic mass is 9.96. The monoisotopic (exact) mass is 413 g/mol. The van der Waals surface area contributed by atoms with E-state index in [9.17, 15) is 18.0 Å². The maximum absolute atomic E-state index is 12.6. The molecule has 0 aliphatic carbocycles. The summed E-state index contributed by atoms with van der Waals surface area (Å²) in [5.41, 5.74) is 0.463. The van der Waals surface area contributed by atoms with Gasteiger partial charge in [0.05, 0.1) is 11.5 Å². The molecule has 1 heterocycles. The Hall–Kier alpha value is -0.560. The van der Waals surface area contributed by atoms with Crippen LogP contribution in [0, 0.1) is 5.92 Å². The first-order valence-electron chi connectivity index (χ1n) is 6.10. The van der Waals surface area contributed by atoms with E-state index in [-0.39, 0.29) is 31.8 Å². The highest BCUT2D eigenvalue weighted by molar-refractivity contribution is 9.11. The van der Waals surface area contributed by atoms with Gasteiger partial charge in [0.15, 0.2) is 0 Å². The maximum atomic E-state index is 12.6. The van der Waals surface area contributed by atoms with Gasteiger partial charge in [-0.3, -0.25) is 4.79 Å². The van der Waals surface area contributed by atoms with Crippen LogP contribution in [0.3, 0.4) is 0 Å². The van der Waals surface area contributed by atoms with Gasteiger partial charge in [-0.2, -0.15) is 13.2 Å². The van der Waals surface area contributed by atoms with Crippen LogP contribution in [-0.2, 0) is 0 Å². The number of rotatable bonds is 1. The minimum Gasteiger partial charge on any atom is -0.339 e. The van der Waals surface area contributed by atoms with Crippen molar-refractivity contribution in [2.24, 2.45) is 5.92 Å². The second kappa shape index (κ2) is 6.05. The predicted octanol–water partition coefficient (Wildman–Crippen LogP) is 4.63. The highest BCUT2D eigenvalue weighted by Gasteiger charge is 2.41. The van der Waals surface area contributed by atoms with Crippen molar-refractivity contribution >= 4 is 37.8 Å². The minimum absolute atomic E-state index is 0.0269. The number of nitrogens with zero attached hydrogens (tertiary/aromatic N) is 1. The molecule has 1 aliphatic heterocycles. The van der Waals surface area contributed by atoms with Crippen LogP contribution in [0.4, 0.5) is 13.2 Å². The Bertz CT molecular complexity index is 511. The van der Waals surface area contributed by atoms with Gasteiger partial charge in [0, 0.05) is 22.0 Å². The Morgan fingerprint density at radius 3 is 2.35 bits per heavy atom. The number of alkyl halides is 3. The second-order valence-electron chi connectivity index (χ2n) is 4.73. The van der Waals surface area contributed by atoms with E-state index in [0.717, 1.165) is 4.47 Å². The smallest absolute Gasteiger partial charge is 0.339 e. The van der Waals surface area contributed by atoms with Gasteiger partial charge in [0.1, 0.15) is 0 Å². The summed E-state index contributed by atoms with van der Waals surface area (Å²) < 4.78 is 39.2. The van der Waals surface area contributed by atoms with Crippen molar-refractivity contribution in [2.45, 2.75) is 19.0 Å². The zero-order valence-corrected chi connectivity index (χ0v) is 13.6. The minimum atomic E-state index is -4.16. The molecule has 1 fully saturated rings. The fourth-order valence-electron chi connectivity index (χ4n) is 2.24.